The molecule has 0 saturated heterocycles. The molecule has 92 valence electrons. The Morgan fingerprint density at radius 3 is 2.35 bits per heavy atom. The molecule has 3 N–H and O–H groups in total. The van der Waals surface area contributed by atoms with Crippen LogP contribution in [0, 0.1) is 11.7 Å². The highest BCUT2D eigenvalue weighted by atomic mass is 35.5. The first-order valence-corrected chi connectivity index (χ1v) is 5.74. The van der Waals surface area contributed by atoms with E-state index in [1.807, 2.05) is 0 Å². The minimum Gasteiger partial charge on any atom is -0.393 e. The van der Waals surface area contributed by atoms with E-state index >= 15 is 0 Å². The molecule has 0 spiro atoms. The van der Waals surface area contributed by atoms with Crippen molar-refractivity contribution in [3.63, 3.8) is 0 Å². The van der Waals surface area contributed by atoms with Crippen molar-refractivity contribution in [3.05, 3.63) is 28.0 Å². The highest BCUT2D eigenvalue weighted by molar-refractivity contribution is 7.80. The molecule has 1 aromatic carbocycles. The lowest BCUT2D eigenvalue weighted by Crippen LogP contribution is -2.30. The molecule has 0 bridgehead atoms. The van der Waals surface area contributed by atoms with Gasteiger partial charge < -0.3 is 11.1 Å². The Hall–Kier alpha value is -0.910. The number of benzene rings is 1. The Bertz CT molecular complexity index is 458. The Kier molecular flexibility index (Phi) is 4.68. The summed E-state index contributed by atoms with van der Waals surface area (Å²) in [5.74, 6) is -1.77. The quantitative estimate of drug-likeness (QED) is 0.666. The van der Waals surface area contributed by atoms with Crippen LogP contribution in [0.2, 0.25) is 10.0 Å². The van der Waals surface area contributed by atoms with Crippen molar-refractivity contribution in [2.45, 2.75) is 6.92 Å². The molecule has 1 rings (SSSR count). The van der Waals surface area contributed by atoms with Crippen LogP contribution < -0.4 is 11.1 Å². The van der Waals surface area contributed by atoms with Crippen molar-refractivity contribution in [2.24, 2.45) is 11.7 Å². The summed E-state index contributed by atoms with van der Waals surface area (Å²) in [7, 11) is 0. The lowest BCUT2D eigenvalue weighted by atomic mass is 10.1. The number of hydrogen-bond donors (Lipinski definition) is 2. The number of hydrogen-bond acceptors (Lipinski definition) is 2. The van der Waals surface area contributed by atoms with E-state index in [2.05, 4.69) is 17.5 Å². The van der Waals surface area contributed by atoms with Gasteiger partial charge in [-0.1, -0.05) is 35.4 Å². The van der Waals surface area contributed by atoms with Gasteiger partial charge in [0.1, 0.15) is 0 Å². The van der Waals surface area contributed by atoms with Gasteiger partial charge in [0.15, 0.2) is 5.82 Å². The average molecular weight is 295 g/mol. The highest BCUT2D eigenvalue weighted by Gasteiger charge is 2.16. The molecular formula is C10H9Cl2FN2OS. The van der Waals surface area contributed by atoms with E-state index in [0.29, 0.717) is 0 Å². The molecule has 0 aliphatic heterocycles. The number of carbonyl (C=O) groups excluding carboxylic acids is 1. The summed E-state index contributed by atoms with van der Waals surface area (Å²) in [5.41, 5.74) is 5.62. The first-order chi connectivity index (χ1) is 7.82. The van der Waals surface area contributed by atoms with Crippen LogP contribution in [0.25, 0.3) is 0 Å². The molecule has 1 aromatic rings. The number of halogens is 3. The lowest BCUT2D eigenvalue weighted by Gasteiger charge is -2.11. The van der Waals surface area contributed by atoms with Crippen LogP contribution in [0.15, 0.2) is 12.1 Å². The molecule has 0 aromatic heterocycles. The van der Waals surface area contributed by atoms with Crippen molar-refractivity contribution in [1.29, 1.82) is 0 Å². The third kappa shape index (κ3) is 3.52. The molecule has 17 heavy (non-hydrogen) atoms. The Labute approximate surface area is 113 Å². The van der Waals surface area contributed by atoms with E-state index in [0.717, 1.165) is 0 Å². The van der Waals surface area contributed by atoms with Crippen molar-refractivity contribution in [1.82, 2.24) is 0 Å². The number of amides is 1. The van der Waals surface area contributed by atoms with Crippen LogP contribution in [0.1, 0.15) is 6.92 Å². The topological polar surface area (TPSA) is 55.1 Å². The number of nitrogens with two attached hydrogens (primary N) is 1. The second-order valence-corrected chi connectivity index (χ2v) is 4.65. The van der Waals surface area contributed by atoms with Crippen LogP contribution >= 0.6 is 35.4 Å². The zero-order valence-electron chi connectivity index (χ0n) is 8.76. The van der Waals surface area contributed by atoms with Gasteiger partial charge in [0, 0.05) is 5.69 Å². The van der Waals surface area contributed by atoms with E-state index < -0.39 is 17.6 Å². The molecule has 0 radical (unpaired) electrons. The van der Waals surface area contributed by atoms with Gasteiger partial charge in [0.2, 0.25) is 5.91 Å². The second-order valence-electron chi connectivity index (χ2n) is 3.37. The van der Waals surface area contributed by atoms with Crippen LogP contribution in [-0.4, -0.2) is 10.9 Å². The summed E-state index contributed by atoms with van der Waals surface area (Å²) in [4.78, 5) is 11.7. The van der Waals surface area contributed by atoms with Crippen molar-refractivity contribution >= 4 is 52.0 Å². The van der Waals surface area contributed by atoms with E-state index in [9.17, 15) is 9.18 Å². The normalized spacial score (nSPS) is 12.0. The van der Waals surface area contributed by atoms with Crippen molar-refractivity contribution < 1.29 is 9.18 Å². The largest absolute Gasteiger partial charge is 0.393 e. The van der Waals surface area contributed by atoms with Gasteiger partial charge >= 0.3 is 0 Å². The van der Waals surface area contributed by atoms with Crippen LogP contribution in [-0.2, 0) is 4.79 Å². The summed E-state index contributed by atoms with van der Waals surface area (Å²) in [6.07, 6.45) is 0. The summed E-state index contributed by atoms with van der Waals surface area (Å²) >= 11 is 15.9. The number of thiocarbonyl (C=S) groups is 1. The molecule has 1 atom stereocenters. The first kappa shape index (κ1) is 14.2. The van der Waals surface area contributed by atoms with E-state index in [1.54, 1.807) is 6.92 Å². The SMILES string of the molecule is CC(C(=O)Nc1cc(Cl)c(F)c(Cl)c1)C(N)=S. The summed E-state index contributed by atoms with van der Waals surface area (Å²) in [6, 6.07) is 2.51. The molecule has 0 saturated carbocycles. The van der Waals surface area contributed by atoms with E-state index in [1.165, 1.54) is 12.1 Å². The van der Waals surface area contributed by atoms with Crippen LogP contribution in [0.3, 0.4) is 0 Å². The van der Waals surface area contributed by atoms with Crippen LogP contribution in [0.5, 0.6) is 0 Å². The van der Waals surface area contributed by atoms with Gasteiger partial charge in [-0.05, 0) is 19.1 Å². The van der Waals surface area contributed by atoms with Gasteiger partial charge in [-0.25, -0.2) is 4.39 Å². The fourth-order valence-corrected chi connectivity index (χ4v) is 1.60. The third-order valence-electron chi connectivity index (χ3n) is 2.07. The second kappa shape index (κ2) is 5.62. The standard InChI is InChI=1S/C10H9Cl2FN2OS/c1-4(9(14)17)10(16)15-5-2-6(11)8(13)7(12)3-5/h2-4H,1H3,(H2,14,17)(H,15,16). The summed E-state index contributed by atoms with van der Waals surface area (Å²) < 4.78 is 13.1. The Balaban J connectivity index is 2.90. The summed E-state index contributed by atoms with van der Waals surface area (Å²) in [6.45, 7) is 1.56. The van der Waals surface area contributed by atoms with E-state index in [-0.39, 0.29) is 20.7 Å². The Morgan fingerprint density at radius 2 is 1.94 bits per heavy atom. The van der Waals surface area contributed by atoms with Gasteiger partial charge in [-0.2, -0.15) is 0 Å². The number of anilines is 1. The number of rotatable bonds is 3. The monoisotopic (exact) mass is 294 g/mol. The van der Waals surface area contributed by atoms with Crippen molar-refractivity contribution in [3.8, 4) is 0 Å². The first-order valence-electron chi connectivity index (χ1n) is 4.57. The average Bonchev–Trinajstić information content (AvgIpc) is 2.24. The summed E-state index contributed by atoms with van der Waals surface area (Å²) in [5, 5.41) is 2.15. The number of carbonyl (C=O) groups is 1. The highest BCUT2D eigenvalue weighted by Crippen LogP contribution is 2.27. The zero-order valence-corrected chi connectivity index (χ0v) is 11.1. The van der Waals surface area contributed by atoms with Gasteiger partial charge in [0.05, 0.1) is 21.0 Å². The minimum absolute atomic E-state index is 0.0711. The molecule has 0 aliphatic carbocycles. The smallest absolute Gasteiger partial charge is 0.234 e. The zero-order chi connectivity index (χ0) is 13.2. The van der Waals surface area contributed by atoms with Gasteiger partial charge in [0.25, 0.3) is 0 Å². The maximum Gasteiger partial charge on any atom is 0.234 e. The predicted molar refractivity (Wildman–Crippen MR) is 71.0 cm³/mol. The van der Waals surface area contributed by atoms with Crippen LogP contribution in [0.4, 0.5) is 10.1 Å². The maximum absolute atomic E-state index is 13.1. The molecule has 0 heterocycles. The minimum atomic E-state index is -0.728. The molecule has 7 heteroatoms. The van der Waals surface area contributed by atoms with Gasteiger partial charge in [-0.3, -0.25) is 4.79 Å². The molecular weight excluding hydrogens is 286 g/mol. The molecule has 0 fully saturated rings. The molecule has 1 amide bonds. The molecule has 0 aliphatic rings. The lowest BCUT2D eigenvalue weighted by molar-refractivity contribution is -0.117. The Morgan fingerprint density at radius 1 is 1.47 bits per heavy atom. The molecule has 1 unspecified atom stereocenters. The third-order valence-corrected chi connectivity index (χ3v) is 2.98. The van der Waals surface area contributed by atoms with Crippen molar-refractivity contribution in [2.75, 3.05) is 5.32 Å². The van der Waals surface area contributed by atoms with E-state index in [4.69, 9.17) is 28.9 Å². The number of nitrogens with one attached hydrogen (secondary N) is 1. The molecule has 3 nitrogen and oxygen atoms in total. The fraction of sp³-hybridized carbons (Fsp3) is 0.200. The fourth-order valence-electron chi connectivity index (χ4n) is 1.01. The maximum atomic E-state index is 13.1. The van der Waals surface area contributed by atoms with Gasteiger partial charge in [-0.15, -0.1) is 0 Å². The predicted octanol–water partition coefficient (Wildman–Crippen LogP) is 2.99.